The Hall–Kier alpha value is -2.18. The van der Waals surface area contributed by atoms with Crippen LogP contribution in [-0.4, -0.2) is 33.9 Å². The summed E-state index contributed by atoms with van der Waals surface area (Å²) in [6, 6.07) is 14.3. The molecule has 0 aromatic heterocycles. The summed E-state index contributed by atoms with van der Waals surface area (Å²) in [4.78, 5) is 17.9. The van der Waals surface area contributed by atoms with Crippen molar-refractivity contribution in [3.8, 4) is 0 Å². The molecule has 2 aromatic carbocycles. The van der Waals surface area contributed by atoms with Crippen LogP contribution in [0.2, 0.25) is 0 Å². The third-order valence-electron chi connectivity index (χ3n) is 4.72. The van der Waals surface area contributed by atoms with E-state index < -0.39 is 10.0 Å². The first kappa shape index (κ1) is 24.1. The van der Waals surface area contributed by atoms with Crippen molar-refractivity contribution >= 4 is 51.6 Å². The summed E-state index contributed by atoms with van der Waals surface area (Å²) < 4.78 is 22.6. The number of benzene rings is 2. The van der Waals surface area contributed by atoms with Gasteiger partial charge in [-0.25, -0.2) is 13.6 Å². The normalized spacial score (nSPS) is 14.4. The smallest absolute Gasteiger partial charge is 0.238 e. The van der Waals surface area contributed by atoms with Crippen LogP contribution in [0.5, 0.6) is 0 Å². The zero-order valence-corrected chi connectivity index (χ0v) is 19.8. The second kappa shape index (κ2) is 10.7. The minimum atomic E-state index is -3.68. The zero-order valence-electron chi connectivity index (χ0n) is 16.7. The molecule has 1 saturated heterocycles. The van der Waals surface area contributed by atoms with Crippen molar-refractivity contribution in [1.29, 1.82) is 0 Å². The summed E-state index contributed by atoms with van der Waals surface area (Å²) in [6.45, 7) is 1.85. The monoisotopic (exact) mass is 543 g/mol. The highest BCUT2D eigenvalue weighted by molar-refractivity contribution is 14.0. The van der Waals surface area contributed by atoms with Crippen LogP contribution in [0, 0.1) is 0 Å². The number of rotatable bonds is 6. The van der Waals surface area contributed by atoms with Crippen LogP contribution in [0.1, 0.15) is 24.0 Å². The van der Waals surface area contributed by atoms with Crippen LogP contribution >= 0.6 is 24.0 Å². The zero-order chi connectivity index (χ0) is 20.9. The Morgan fingerprint density at radius 2 is 1.57 bits per heavy atom. The first-order valence-electron chi connectivity index (χ1n) is 9.32. The predicted molar refractivity (Wildman–Crippen MR) is 128 cm³/mol. The van der Waals surface area contributed by atoms with Gasteiger partial charge < -0.3 is 15.5 Å². The lowest BCUT2D eigenvalue weighted by Crippen LogP contribution is -2.36. The van der Waals surface area contributed by atoms with E-state index in [1.54, 1.807) is 19.2 Å². The molecule has 0 saturated carbocycles. The number of carbonyl (C=O) groups is 1. The summed E-state index contributed by atoms with van der Waals surface area (Å²) in [6.07, 6.45) is 1.53. The molecule has 2 aromatic rings. The first-order chi connectivity index (χ1) is 13.9. The molecule has 1 amide bonds. The Bertz CT molecular complexity index is 992. The molecule has 1 heterocycles. The van der Waals surface area contributed by atoms with E-state index in [2.05, 4.69) is 15.6 Å². The molecule has 0 radical (unpaired) electrons. The van der Waals surface area contributed by atoms with Crippen molar-refractivity contribution in [2.45, 2.75) is 30.8 Å². The predicted octanol–water partition coefficient (Wildman–Crippen LogP) is 1.94. The molecular weight excluding hydrogens is 517 g/mol. The molecule has 0 unspecified atom stereocenters. The summed E-state index contributed by atoms with van der Waals surface area (Å²) in [5.41, 5.74) is 2.91. The van der Waals surface area contributed by atoms with Crippen molar-refractivity contribution in [2.24, 2.45) is 10.1 Å². The third-order valence-corrected chi connectivity index (χ3v) is 5.65. The molecule has 1 aliphatic heterocycles. The third kappa shape index (κ3) is 6.41. The molecule has 3 rings (SSSR count). The molecule has 0 aliphatic carbocycles. The van der Waals surface area contributed by atoms with E-state index >= 15 is 0 Å². The summed E-state index contributed by atoms with van der Waals surface area (Å²) >= 11 is 0. The van der Waals surface area contributed by atoms with Gasteiger partial charge in [-0.15, -0.1) is 24.0 Å². The molecule has 0 bridgehead atoms. The fourth-order valence-corrected chi connectivity index (χ4v) is 3.62. The molecule has 8 nitrogen and oxygen atoms in total. The number of anilines is 1. The van der Waals surface area contributed by atoms with Gasteiger partial charge in [0, 0.05) is 38.8 Å². The maximum Gasteiger partial charge on any atom is 0.238 e. The van der Waals surface area contributed by atoms with Gasteiger partial charge >= 0.3 is 0 Å². The molecule has 162 valence electrons. The minimum absolute atomic E-state index is 0. The maximum absolute atomic E-state index is 11.8. The van der Waals surface area contributed by atoms with Crippen LogP contribution < -0.4 is 20.7 Å². The van der Waals surface area contributed by atoms with Crippen molar-refractivity contribution in [1.82, 2.24) is 10.6 Å². The Balaban J connectivity index is 0.00000320. The van der Waals surface area contributed by atoms with Gasteiger partial charge in [0.2, 0.25) is 15.9 Å². The second-order valence-corrected chi connectivity index (χ2v) is 8.35. The summed E-state index contributed by atoms with van der Waals surface area (Å²) in [5, 5.41) is 11.5. The fraction of sp³-hybridized carbons (Fsp3) is 0.300. The lowest BCUT2D eigenvalue weighted by Gasteiger charge is -2.16. The Kier molecular flexibility index (Phi) is 8.62. The topological polar surface area (TPSA) is 117 Å². The van der Waals surface area contributed by atoms with E-state index in [1.807, 2.05) is 29.2 Å². The highest BCUT2D eigenvalue weighted by Gasteiger charge is 2.21. The molecule has 0 atom stereocenters. The summed E-state index contributed by atoms with van der Waals surface area (Å²) in [7, 11) is -2.00. The van der Waals surface area contributed by atoms with E-state index in [1.165, 1.54) is 12.1 Å². The van der Waals surface area contributed by atoms with E-state index in [4.69, 9.17) is 5.14 Å². The SMILES string of the molecule is CN=C(NCc1ccc(N2CCCC2=O)cc1)NCc1ccc(S(N)(=O)=O)cc1.I. The Labute approximate surface area is 194 Å². The second-order valence-electron chi connectivity index (χ2n) is 6.78. The van der Waals surface area contributed by atoms with Crippen LogP contribution in [0.25, 0.3) is 0 Å². The highest BCUT2D eigenvalue weighted by atomic mass is 127. The van der Waals surface area contributed by atoms with E-state index in [-0.39, 0.29) is 34.8 Å². The number of amides is 1. The number of primary sulfonamides is 1. The van der Waals surface area contributed by atoms with Crippen LogP contribution in [0.3, 0.4) is 0 Å². The number of nitrogens with one attached hydrogen (secondary N) is 2. The molecule has 1 fully saturated rings. The Morgan fingerprint density at radius 1 is 1.03 bits per heavy atom. The molecule has 10 heteroatoms. The van der Waals surface area contributed by atoms with Gasteiger partial charge in [-0.05, 0) is 41.8 Å². The highest BCUT2D eigenvalue weighted by Crippen LogP contribution is 2.21. The quantitative estimate of drug-likeness (QED) is 0.293. The number of nitrogens with zero attached hydrogens (tertiary/aromatic N) is 2. The van der Waals surface area contributed by atoms with Gasteiger partial charge in [0.25, 0.3) is 0 Å². The lowest BCUT2D eigenvalue weighted by atomic mass is 10.2. The summed E-state index contributed by atoms with van der Waals surface area (Å²) in [5.74, 6) is 0.803. The van der Waals surface area contributed by atoms with E-state index in [0.29, 0.717) is 25.5 Å². The number of guanidine groups is 1. The standard InChI is InChI=1S/C20H25N5O3S.HI/c1-22-20(24-14-16-6-10-18(11-7-16)29(21,27)28)23-13-15-4-8-17(9-5-15)25-12-2-3-19(25)26;/h4-11H,2-3,12-14H2,1H3,(H2,21,27,28)(H2,22,23,24);1H. The number of carbonyl (C=O) groups excluding carboxylic acids is 1. The molecule has 1 aliphatic rings. The van der Waals surface area contributed by atoms with E-state index in [9.17, 15) is 13.2 Å². The van der Waals surface area contributed by atoms with Crippen molar-refractivity contribution < 1.29 is 13.2 Å². The van der Waals surface area contributed by atoms with Gasteiger partial charge in [0.1, 0.15) is 0 Å². The maximum atomic E-state index is 11.8. The average Bonchev–Trinajstić information content (AvgIpc) is 3.14. The van der Waals surface area contributed by atoms with Gasteiger partial charge in [-0.3, -0.25) is 9.79 Å². The van der Waals surface area contributed by atoms with Gasteiger partial charge in [-0.1, -0.05) is 24.3 Å². The largest absolute Gasteiger partial charge is 0.352 e. The number of nitrogens with two attached hydrogens (primary N) is 1. The number of hydrogen-bond donors (Lipinski definition) is 3. The van der Waals surface area contributed by atoms with Crippen molar-refractivity contribution in [3.63, 3.8) is 0 Å². The van der Waals surface area contributed by atoms with Crippen molar-refractivity contribution in [2.75, 3.05) is 18.5 Å². The first-order valence-corrected chi connectivity index (χ1v) is 10.9. The van der Waals surface area contributed by atoms with E-state index in [0.717, 1.165) is 29.8 Å². The lowest BCUT2D eigenvalue weighted by molar-refractivity contribution is -0.117. The number of sulfonamides is 1. The number of halogens is 1. The fourth-order valence-electron chi connectivity index (χ4n) is 3.10. The molecule has 0 spiro atoms. The Morgan fingerprint density at radius 3 is 2.00 bits per heavy atom. The molecule has 30 heavy (non-hydrogen) atoms. The number of hydrogen-bond acceptors (Lipinski definition) is 4. The van der Waals surface area contributed by atoms with Crippen LogP contribution in [0.4, 0.5) is 5.69 Å². The van der Waals surface area contributed by atoms with Crippen LogP contribution in [-0.2, 0) is 27.9 Å². The average molecular weight is 543 g/mol. The van der Waals surface area contributed by atoms with Gasteiger partial charge in [0.15, 0.2) is 5.96 Å². The molecule has 4 N–H and O–H groups in total. The van der Waals surface area contributed by atoms with Gasteiger partial charge in [-0.2, -0.15) is 0 Å². The molecular formula is C20H26IN5O3S. The van der Waals surface area contributed by atoms with Crippen molar-refractivity contribution in [3.05, 3.63) is 59.7 Å². The van der Waals surface area contributed by atoms with Crippen LogP contribution in [0.15, 0.2) is 58.4 Å². The minimum Gasteiger partial charge on any atom is -0.352 e. The van der Waals surface area contributed by atoms with Gasteiger partial charge in [0.05, 0.1) is 4.90 Å². The number of aliphatic imine (C=N–C) groups is 1.